The van der Waals surface area contributed by atoms with E-state index in [1.54, 1.807) is 11.3 Å². The largest absolute Gasteiger partial charge is 0.388 e. The second-order valence-electron chi connectivity index (χ2n) is 3.76. The van der Waals surface area contributed by atoms with Crippen molar-refractivity contribution in [2.24, 2.45) is 5.73 Å². The maximum Gasteiger partial charge on any atom is 0.107 e. The first-order valence-corrected chi connectivity index (χ1v) is 5.75. The minimum absolute atomic E-state index is 0.244. The molecule has 0 bridgehead atoms. The molecule has 0 aliphatic rings. The summed E-state index contributed by atoms with van der Waals surface area (Å²) in [5.41, 5.74) is 6.43. The van der Waals surface area contributed by atoms with Crippen LogP contribution in [0, 0.1) is 19.3 Å². The number of nitrogens with two attached hydrogens (primary N) is 1. The smallest absolute Gasteiger partial charge is 0.107 e. The van der Waals surface area contributed by atoms with E-state index in [9.17, 15) is 0 Å². The summed E-state index contributed by atoms with van der Waals surface area (Å²) in [5.74, 6) is 0.244. The lowest BCUT2D eigenvalue weighted by Gasteiger charge is -2.13. The zero-order valence-electron chi connectivity index (χ0n) is 9.50. The van der Waals surface area contributed by atoms with Gasteiger partial charge in [-0.05, 0) is 20.9 Å². The molecule has 0 amide bonds. The van der Waals surface area contributed by atoms with Gasteiger partial charge in [-0.2, -0.15) is 0 Å². The van der Waals surface area contributed by atoms with E-state index in [0.717, 1.165) is 23.8 Å². The first-order valence-electron chi connectivity index (χ1n) is 4.93. The molecule has 1 rings (SSSR count). The maximum absolute atomic E-state index is 7.14. The van der Waals surface area contributed by atoms with Gasteiger partial charge in [-0.1, -0.05) is 0 Å². The number of hydrogen-bond donors (Lipinski definition) is 2. The molecule has 3 N–H and O–H groups in total. The van der Waals surface area contributed by atoms with Crippen molar-refractivity contribution in [3.63, 3.8) is 0 Å². The fourth-order valence-corrected chi connectivity index (χ4v) is 2.24. The van der Waals surface area contributed by atoms with Gasteiger partial charge < -0.3 is 5.73 Å². The lowest BCUT2D eigenvalue weighted by molar-refractivity contribution is 0.336. The van der Waals surface area contributed by atoms with Crippen molar-refractivity contribution in [2.45, 2.75) is 26.8 Å². The van der Waals surface area contributed by atoms with E-state index in [-0.39, 0.29) is 5.84 Å². The standard InChI is InChI=1S/C10H18N4S/c1-7-8(2)15-10(13-7)6-14(3)5-4-9(11)12/h4-6H2,1-3H3,(H3,11,12). The third-order valence-electron chi connectivity index (χ3n) is 2.24. The van der Waals surface area contributed by atoms with Crippen LogP contribution in [0.25, 0.3) is 0 Å². The second kappa shape index (κ2) is 5.23. The van der Waals surface area contributed by atoms with Crippen LogP contribution >= 0.6 is 11.3 Å². The van der Waals surface area contributed by atoms with Crippen LogP contribution in [-0.4, -0.2) is 29.3 Å². The average molecular weight is 226 g/mol. The van der Waals surface area contributed by atoms with E-state index in [0.29, 0.717) is 6.42 Å². The van der Waals surface area contributed by atoms with Crippen LogP contribution < -0.4 is 5.73 Å². The first kappa shape index (κ1) is 12.1. The van der Waals surface area contributed by atoms with Crippen LogP contribution in [-0.2, 0) is 6.54 Å². The van der Waals surface area contributed by atoms with Gasteiger partial charge >= 0.3 is 0 Å². The summed E-state index contributed by atoms with van der Waals surface area (Å²) in [5, 5.41) is 8.28. The van der Waals surface area contributed by atoms with E-state index in [2.05, 4.69) is 16.8 Å². The topological polar surface area (TPSA) is 66.0 Å². The molecule has 0 aliphatic heterocycles. The van der Waals surface area contributed by atoms with Crippen molar-refractivity contribution in [3.05, 3.63) is 15.6 Å². The number of thiazole rings is 1. The number of amidine groups is 1. The number of hydrogen-bond acceptors (Lipinski definition) is 4. The third-order valence-corrected chi connectivity index (χ3v) is 3.30. The Balaban J connectivity index is 2.44. The van der Waals surface area contributed by atoms with Crippen LogP contribution in [0.3, 0.4) is 0 Å². The van der Waals surface area contributed by atoms with Crippen LogP contribution in [0.2, 0.25) is 0 Å². The highest BCUT2D eigenvalue weighted by molar-refractivity contribution is 7.11. The Hall–Kier alpha value is -0.940. The summed E-state index contributed by atoms with van der Waals surface area (Å²) in [6, 6.07) is 0. The summed E-state index contributed by atoms with van der Waals surface area (Å²) < 4.78 is 0. The molecule has 4 nitrogen and oxygen atoms in total. The first-order chi connectivity index (χ1) is 6.99. The molecule has 0 fully saturated rings. The van der Waals surface area contributed by atoms with Crippen molar-refractivity contribution in [3.8, 4) is 0 Å². The fraction of sp³-hybridized carbons (Fsp3) is 0.600. The predicted molar refractivity (Wildman–Crippen MR) is 64.5 cm³/mol. The van der Waals surface area contributed by atoms with Gasteiger partial charge in [-0.15, -0.1) is 11.3 Å². The molecule has 0 spiro atoms. The van der Waals surface area contributed by atoms with Gasteiger partial charge in [-0.25, -0.2) is 4.98 Å². The average Bonchev–Trinajstić information content (AvgIpc) is 2.42. The molecule has 84 valence electrons. The lowest BCUT2D eigenvalue weighted by Crippen LogP contribution is -2.23. The predicted octanol–water partition coefficient (Wildman–Crippen LogP) is 1.52. The summed E-state index contributed by atoms with van der Waals surface area (Å²) in [4.78, 5) is 7.89. The normalized spacial score (nSPS) is 10.9. The third kappa shape index (κ3) is 3.97. The summed E-state index contributed by atoms with van der Waals surface area (Å²) in [6.07, 6.45) is 0.625. The molecular weight excluding hydrogens is 208 g/mol. The molecule has 1 aromatic rings. The highest BCUT2D eigenvalue weighted by Crippen LogP contribution is 2.17. The van der Waals surface area contributed by atoms with E-state index in [1.165, 1.54) is 4.88 Å². The van der Waals surface area contributed by atoms with Crippen LogP contribution in [0.15, 0.2) is 0 Å². The molecule has 5 heteroatoms. The molecule has 0 atom stereocenters. The van der Waals surface area contributed by atoms with Crippen LogP contribution in [0.5, 0.6) is 0 Å². The minimum atomic E-state index is 0.244. The molecule has 0 aromatic carbocycles. The van der Waals surface area contributed by atoms with Crippen LogP contribution in [0.1, 0.15) is 22.0 Å². The Bertz CT molecular complexity index is 326. The summed E-state index contributed by atoms with van der Waals surface area (Å²) in [6.45, 7) is 5.77. The van der Waals surface area contributed by atoms with Gasteiger partial charge in [0.1, 0.15) is 5.01 Å². The van der Waals surface area contributed by atoms with Gasteiger partial charge in [-0.3, -0.25) is 10.3 Å². The minimum Gasteiger partial charge on any atom is -0.388 e. The Kier molecular flexibility index (Phi) is 4.23. The maximum atomic E-state index is 7.14. The zero-order valence-corrected chi connectivity index (χ0v) is 10.3. The molecule has 1 aromatic heterocycles. The SMILES string of the molecule is Cc1nc(CN(C)CCC(=N)N)sc1C. The molecule has 0 unspecified atom stereocenters. The Labute approximate surface area is 94.6 Å². The van der Waals surface area contributed by atoms with Gasteiger partial charge in [0.15, 0.2) is 0 Å². The quantitative estimate of drug-likeness (QED) is 0.591. The van der Waals surface area contributed by atoms with Crippen LogP contribution in [0.4, 0.5) is 0 Å². The molecule has 0 aliphatic carbocycles. The summed E-state index contributed by atoms with van der Waals surface area (Å²) in [7, 11) is 2.02. The molecule has 0 saturated heterocycles. The number of aromatic nitrogens is 1. The van der Waals surface area contributed by atoms with Gasteiger partial charge in [0.25, 0.3) is 0 Å². The lowest BCUT2D eigenvalue weighted by atomic mass is 10.3. The molecule has 0 radical (unpaired) electrons. The van der Waals surface area contributed by atoms with E-state index in [1.807, 2.05) is 14.0 Å². The van der Waals surface area contributed by atoms with Gasteiger partial charge in [0, 0.05) is 17.8 Å². The van der Waals surface area contributed by atoms with Crippen molar-refractivity contribution < 1.29 is 0 Å². The van der Waals surface area contributed by atoms with Gasteiger partial charge in [0.2, 0.25) is 0 Å². The molecule has 1 heterocycles. The monoisotopic (exact) mass is 226 g/mol. The second-order valence-corrected chi connectivity index (χ2v) is 5.05. The number of nitrogens with zero attached hydrogens (tertiary/aromatic N) is 2. The molecule has 15 heavy (non-hydrogen) atoms. The van der Waals surface area contributed by atoms with Gasteiger partial charge in [0.05, 0.1) is 18.1 Å². The molecule has 0 saturated carbocycles. The number of aryl methyl sites for hydroxylation is 2. The Morgan fingerprint density at radius 2 is 2.20 bits per heavy atom. The fourth-order valence-electron chi connectivity index (χ4n) is 1.23. The highest BCUT2D eigenvalue weighted by atomic mass is 32.1. The van der Waals surface area contributed by atoms with E-state index in [4.69, 9.17) is 11.1 Å². The number of rotatable bonds is 5. The van der Waals surface area contributed by atoms with E-state index >= 15 is 0 Å². The Morgan fingerprint density at radius 3 is 2.67 bits per heavy atom. The van der Waals surface area contributed by atoms with E-state index < -0.39 is 0 Å². The Morgan fingerprint density at radius 1 is 1.53 bits per heavy atom. The zero-order chi connectivity index (χ0) is 11.4. The molecular formula is C10H18N4S. The van der Waals surface area contributed by atoms with Crippen molar-refractivity contribution in [2.75, 3.05) is 13.6 Å². The van der Waals surface area contributed by atoms with Crippen molar-refractivity contribution in [1.29, 1.82) is 5.41 Å². The van der Waals surface area contributed by atoms with Crippen molar-refractivity contribution in [1.82, 2.24) is 9.88 Å². The summed E-state index contributed by atoms with van der Waals surface area (Å²) >= 11 is 1.74. The number of nitrogens with one attached hydrogen (secondary N) is 1. The van der Waals surface area contributed by atoms with Crippen molar-refractivity contribution >= 4 is 17.2 Å². The highest BCUT2D eigenvalue weighted by Gasteiger charge is 2.06.